The van der Waals surface area contributed by atoms with Gasteiger partial charge in [0, 0.05) is 17.9 Å². The second-order valence-corrected chi connectivity index (χ2v) is 6.51. The topological polar surface area (TPSA) is 67.8 Å². The van der Waals surface area contributed by atoms with Gasteiger partial charge in [-0.15, -0.1) is 0 Å². The predicted octanol–water partition coefficient (Wildman–Crippen LogP) is 1.76. The fraction of sp³-hybridized carbons (Fsp3) is 0.500. The molecule has 0 aromatic heterocycles. The molecule has 2 N–H and O–H groups in total. The first-order valence-corrected chi connectivity index (χ1v) is 8.00. The number of hydroxylamine groups is 1. The van der Waals surface area contributed by atoms with Gasteiger partial charge in [-0.25, -0.2) is 0 Å². The highest BCUT2D eigenvalue weighted by Crippen LogP contribution is 2.41. The normalized spacial score (nSPS) is 36.4. The number of aliphatic hydroxyl groups excluding tert-OH is 1. The summed E-state index contributed by atoms with van der Waals surface area (Å²) in [5, 5.41) is 10.8. The summed E-state index contributed by atoms with van der Waals surface area (Å²) in [6.45, 7) is 4.26. The Balaban J connectivity index is 1.80. The third-order valence-electron chi connectivity index (χ3n) is 4.75. The van der Waals surface area contributed by atoms with Crippen LogP contribution in [0.5, 0.6) is 0 Å². The Labute approximate surface area is 136 Å². The fourth-order valence-corrected chi connectivity index (χ4v) is 3.60. The zero-order valence-electron chi connectivity index (χ0n) is 13.4. The van der Waals surface area contributed by atoms with Crippen LogP contribution in [-0.4, -0.2) is 35.2 Å². The van der Waals surface area contributed by atoms with Crippen LogP contribution in [0.25, 0.3) is 0 Å². The number of carbonyl (C=O) groups excluding carboxylic acids is 1. The zero-order valence-corrected chi connectivity index (χ0v) is 13.4. The van der Waals surface area contributed by atoms with Gasteiger partial charge < -0.3 is 9.84 Å². The van der Waals surface area contributed by atoms with Crippen LogP contribution in [0.4, 0.5) is 0 Å². The molecule has 23 heavy (non-hydrogen) atoms. The lowest BCUT2D eigenvalue weighted by Gasteiger charge is -2.52. The van der Waals surface area contributed by atoms with Crippen molar-refractivity contribution in [2.75, 3.05) is 0 Å². The maximum atomic E-state index is 11.6. The lowest BCUT2D eigenvalue weighted by atomic mass is 9.69. The van der Waals surface area contributed by atoms with Crippen LogP contribution in [0.2, 0.25) is 0 Å². The highest BCUT2D eigenvalue weighted by Gasteiger charge is 2.54. The monoisotopic (exact) mass is 317 g/mol. The number of fused-ring (bicyclic) bond motifs is 2. The van der Waals surface area contributed by atoms with Crippen molar-refractivity contribution in [1.29, 1.82) is 0 Å². The second-order valence-electron chi connectivity index (χ2n) is 6.51. The van der Waals surface area contributed by atoms with E-state index in [1.807, 2.05) is 50.3 Å². The highest BCUT2D eigenvalue weighted by atomic mass is 16.6. The van der Waals surface area contributed by atoms with Crippen LogP contribution < -0.4 is 5.48 Å². The van der Waals surface area contributed by atoms with Crippen molar-refractivity contribution in [3.05, 3.63) is 47.5 Å². The standard InChI is InChI=1S/C18H23NO4/c1-12-8-15(10-20)18(9-13(2)23-16(12)17(18)21)19-22-11-14-6-4-3-5-7-14/h3-8,10,12-13,16-17,19,21H,9,11H2,1-2H3/t12?,13-,16+,17?,18?/m0/s1. The van der Waals surface area contributed by atoms with Crippen molar-refractivity contribution in [3.8, 4) is 0 Å². The van der Waals surface area contributed by atoms with Gasteiger partial charge in [0.1, 0.15) is 17.9 Å². The minimum Gasteiger partial charge on any atom is -0.388 e. The molecular formula is C18H23NO4. The van der Waals surface area contributed by atoms with Crippen LogP contribution in [-0.2, 0) is 21.0 Å². The molecule has 1 aromatic carbocycles. The zero-order chi connectivity index (χ0) is 16.4. The van der Waals surface area contributed by atoms with E-state index >= 15 is 0 Å². The third kappa shape index (κ3) is 2.97. The van der Waals surface area contributed by atoms with E-state index in [1.165, 1.54) is 0 Å². The van der Waals surface area contributed by atoms with Crippen LogP contribution in [0, 0.1) is 5.92 Å². The number of aliphatic hydroxyl groups is 1. The molecule has 1 aromatic rings. The van der Waals surface area contributed by atoms with E-state index < -0.39 is 11.6 Å². The number of benzene rings is 1. The Morgan fingerprint density at radius 3 is 2.83 bits per heavy atom. The van der Waals surface area contributed by atoms with Crippen molar-refractivity contribution < 1.29 is 19.5 Å². The number of ether oxygens (including phenoxy) is 1. The molecule has 1 heterocycles. The van der Waals surface area contributed by atoms with Gasteiger partial charge in [-0.2, -0.15) is 5.48 Å². The molecule has 3 rings (SSSR count). The Morgan fingerprint density at radius 1 is 1.39 bits per heavy atom. The molecule has 5 heteroatoms. The summed E-state index contributed by atoms with van der Waals surface area (Å²) in [5.41, 5.74) is 3.63. The summed E-state index contributed by atoms with van der Waals surface area (Å²) in [5.74, 6) is -0.0167. The minimum absolute atomic E-state index is 0.0167. The highest BCUT2D eigenvalue weighted by molar-refractivity contribution is 5.78. The average Bonchev–Trinajstić information content (AvgIpc) is 2.54. The van der Waals surface area contributed by atoms with E-state index in [0.29, 0.717) is 18.6 Å². The molecular weight excluding hydrogens is 294 g/mol. The first kappa shape index (κ1) is 16.3. The number of carbonyl (C=O) groups is 1. The van der Waals surface area contributed by atoms with Crippen molar-refractivity contribution in [2.24, 2.45) is 5.92 Å². The molecule has 1 fully saturated rings. The minimum atomic E-state index is -0.911. The molecule has 1 aliphatic carbocycles. The molecule has 3 unspecified atom stereocenters. The molecule has 1 saturated heterocycles. The molecule has 5 nitrogen and oxygen atoms in total. The van der Waals surface area contributed by atoms with Crippen molar-refractivity contribution in [1.82, 2.24) is 5.48 Å². The molecule has 1 aliphatic heterocycles. The summed E-state index contributed by atoms with van der Waals surface area (Å²) in [6, 6.07) is 9.75. The number of hydrogen-bond acceptors (Lipinski definition) is 5. The van der Waals surface area contributed by atoms with Gasteiger partial charge in [0.15, 0.2) is 0 Å². The second kappa shape index (κ2) is 6.53. The van der Waals surface area contributed by atoms with Crippen molar-refractivity contribution in [3.63, 3.8) is 0 Å². The number of rotatable bonds is 5. The van der Waals surface area contributed by atoms with Gasteiger partial charge in [0.25, 0.3) is 0 Å². The molecule has 124 valence electrons. The van der Waals surface area contributed by atoms with E-state index in [9.17, 15) is 9.90 Å². The molecule has 2 aliphatic rings. The largest absolute Gasteiger partial charge is 0.388 e. The summed E-state index contributed by atoms with van der Waals surface area (Å²) in [6.07, 6.45) is 1.94. The summed E-state index contributed by atoms with van der Waals surface area (Å²) in [7, 11) is 0. The quantitative estimate of drug-likeness (QED) is 0.640. The Morgan fingerprint density at radius 2 is 2.13 bits per heavy atom. The van der Waals surface area contributed by atoms with Gasteiger partial charge in [-0.1, -0.05) is 43.3 Å². The van der Waals surface area contributed by atoms with Crippen LogP contribution in [0.3, 0.4) is 0 Å². The van der Waals surface area contributed by atoms with Crippen LogP contribution in [0.1, 0.15) is 25.8 Å². The van der Waals surface area contributed by atoms with E-state index in [-0.39, 0.29) is 18.1 Å². The maximum absolute atomic E-state index is 11.6. The van der Waals surface area contributed by atoms with E-state index in [0.717, 1.165) is 11.8 Å². The van der Waals surface area contributed by atoms with Gasteiger partial charge >= 0.3 is 0 Å². The first-order chi connectivity index (χ1) is 11.1. The van der Waals surface area contributed by atoms with E-state index in [2.05, 4.69) is 5.48 Å². The van der Waals surface area contributed by atoms with Gasteiger partial charge in [0.2, 0.25) is 0 Å². The molecule has 0 spiro atoms. The Bertz CT molecular complexity index is 588. The maximum Gasteiger partial charge on any atom is 0.147 e. The lowest BCUT2D eigenvalue weighted by Crippen LogP contribution is -2.68. The Hall–Kier alpha value is -1.53. The molecule has 5 atom stereocenters. The average molecular weight is 317 g/mol. The van der Waals surface area contributed by atoms with Crippen molar-refractivity contribution in [2.45, 2.75) is 50.7 Å². The fourth-order valence-electron chi connectivity index (χ4n) is 3.60. The molecule has 2 bridgehead atoms. The van der Waals surface area contributed by atoms with Gasteiger partial charge in [-0.3, -0.25) is 9.63 Å². The Kier molecular flexibility index (Phi) is 4.64. The summed E-state index contributed by atoms with van der Waals surface area (Å²) < 4.78 is 5.86. The van der Waals surface area contributed by atoms with Crippen LogP contribution >= 0.6 is 0 Å². The SMILES string of the molecule is CC1C=C(C=O)C2(NOCc3ccccc3)C[C@H](C)O[C@H]1C2O. The van der Waals surface area contributed by atoms with Gasteiger partial charge in [0.05, 0.1) is 18.8 Å². The third-order valence-corrected chi connectivity index (χ3v) is 4.75. The summed E-state index contributed by atoms with van der Waals surface area (Å²) in [4.78, 5) is 17.2. The van der Waals surface area contributed by atoms with Crippen molar-refractivity contribution >= 4 is 6.29 Å². The van der Waals surface area contributed by atoms with E-state index in [4.69, 9.17) is 9.57 Å². The number of aldehydes is 1. The first-order valence-electron chi connectivity index (χ1n) is 8.00. The van der Waals surface area contributed by atoms with Gasteiger partial charge in [-0.05, 0) is 12.5 Å². The van der Waals surface area contributed by atoms with E-state index in [1.54, 1.807) is 0 Å². The molecule has 0 radical (unpaired) electrons. The lowest BCUT2D eigenvalue weighted by molar-refractivity contribution is -0.196. The molecule has 0 amide bonds. The molecule has 0 saturated carbocycles. The number of hydrogen-bond donors (Lipinski definition) is 2. The summed E-state index contributed by atoms with van der Waals surface area (Å²) >= 11 is 0. The predicted molar refractivity (Wildman–Crippen MR) is 85.4 cm³/mol. The van der Waals surface area contributed by atoms with Crippen LogP contribution in [0.15, 0.2) is 42.0 Å². The smallest absolute Gasteiger partial charge is 0.147 e. The number of nitrogens with one attached hydrogen (secondary N) is 1.